The van der Waals surface area contributed by atoms with Crippen molar-refractivity contribution in [2.75, 3.05) is 7.11 Å². The number of ether oxygens (including phenoxy) is 1. The van der Waals surface area contributed by atoms with Crippen LogP contribution in [0.4, 0.5) is 8.78 Å². The maximum Gasteiger partial charge on any atom is 0.143 e. The van der Waals surface area contributed by atoms with E-state index in [9.17, 15) is 13.9 Å². The summed E-state index contributed by atoms with van der Waals surface area (Å²) in [7, 11) is 1.47. The smallest absolute Gasteiger partial charge is 0.143 e. The number of rotatable bonds is 4. The summed E-state index contributed by atoms with van der Waals surface area (Å²) in [6.45, 7) is 0. The Kier molecular flexibility index (Phi) is 4.06. The summed E-state index contributed by atoms with van der Waals surface area (Å²) in [5.41, 5.74) is 0.701. The van der Waals surface area contributed by atoms with Crippen molar-refractivity contribution < 1.29 is 18.6 Å². The highest BCUT2D eigenvalue weighted by Gasteiger charge is 2.16. The average molecular weight is 265 g/mol. The van der Waals surface area contributed by atoms with E-state index in [0.717, 1.165) is 6.07 Å². The van der Waals surface area contributed by atoms with Gasteiger partial charge in [0.15, 0.2) is 0 Å². The molecule has 100 valence electrons. The van der Waals surface area contributed by atoms with Gasteiger partial charge in [-0.1, -0.05) is 0 Å². The summed E-state index contributed by atoms with van der Waals surface area (Å²) in [6, 6.07) is 6.50. The minimum absolute atomic E-state index is 0.0576. The van der Waals surface area contributed by atoms with Gasteiger partial charge in [0.25, 0.3) is 0 Å². The normalized spacial score (nSPS) is 12.2. The zero-order valence-electron chi connectivity index (χ0n) is 10.3. The molecule has 1 N–H and O–H groups in total. The van der Waals surface area contributed by atoms with Crippen LogP contribution in [-0.4, -0.2) is 17.2 Å². The van der Waals surface area contributed by atoms with E-state index in [2.05, 4.69) is 4.98 Å². The Morgan fingerprint density at radius 2 is 1.95 bits per heavy atom. The van der Waals surface area contributed by atoms with Crippen LogP contribution < -0.4 is 4.74 Å². The molecule has 0 saturated carbocycles. The lowest BCUT2D eigenvalue weighted by Gasteiger charge is -2.13. The molecule has 1 atom stereocenters. The Labute approximate surface area is 109 Å². The highest BCUT2D eigenvalue weighted by atomic mass is 19.1. The van der Waals surface area contributed by atoms with Gasteiger partial charge < -0.3 is 9.84 Å². The Bertz CT molecular complexity index is 555. The Hall–Kier alpha value is -2.01. The largest absolute Gasteiger partial charge is 0.495 e. The van der Waals surface area contributed by atoms with E-state index in [1.165, 1.54) is 25.4 Å². The van der Waals surface area contributed by atoms with Gasteiger partial charge in [-0.2, -0.15) is 0 Å². The van der Waals surface area contributed by atoms with Crippen LogP contribution in [0.3, 0.4) is 0 Å². The molecule has 0 fully saturated rings. The fraction of sp³-hybridized carbons (Fsp3) is 0.214. The van der Waals surface area contributed by atoms with E-state index in [0.29, 0.717) is 17.0 Å². The molecule has 0 bridgehead atoms. The molecular formula is C14H13F2NO2. The summed E-state index contributed by atoms with van der Waals surface area (Å²) in [5, 5.41) is 10.1. The maximum atomic E-state index is 13.1. The summed E-state index contributed by atoms with van der Waals surface area (Å²) in [4.78, 5) is 4.03. The molecule has 0 aliphatic carbocycles. The fourth-order valence-electron chi connectivity index (χ4n) is 1.87. The summed E-state index contributed by atoms with van der Waals surface area (Å²) in [6.07, 6.45) is 0.590. The van der Waals surface area contributed by atoms with Gasteiger partial charge in [0.05, 0.1) is 7.11 Å². The molecule has 1 heterocycles. The first-order valence-electron chi connectivity index (χ1n) is 5.72. The first-order chi connectivity index (χ1) is 9.10. The number of methoxy groups -OCH3 is 1. The van der Waals surface area contributed by atoms with Crippen LogP contribution in [0.15, 0.2) is 36.5 Å². The van der Waals surface area contributed by atoms with Crippen molar-refractivity contribution in [1.29, 1.82) is 0 Å². The van der Waals surface area contributed by atoms with Crippen LogP contribution in [0.5, 0.6) is 5.75 Å². The van der Waals surface area contributed by atoms with Crippen molar-refractivity contribution in [3.05, 3.63) is 59.4 Å². The standard InChI is InChI=1S/C14H13F2NO2/c1-19-13-3-2-4-17-14(13)12(18)7-9-5-10(15)8-11(16)6-9/h2-6,8,12,18H,7H2,1H3. The number of pyridine rings is 1. The van der Waals surface area contributed by atoms with E-state index in [4.69, 9.17) is 4.74 Å². The number of aliphatic hydroxyl groups excluding tert-OH is 1. The second-order valence-electron chi connectivity index (χ2n) is 4.09. The fourth-order valence-corrected chi connectivity index (χ4v) is 1.87. The lowest BCUT2D eigenvalue weighted by atomic mass is 10.0. The van der Waals surface area contributed by atoms with Crippen molar-refractivity contribution >= 4 is 0 Å². The predicted octanol–water partition coefficient (Wildman–Crippen LogP) is 2.64. The number of halogens is 2. The highest BCUT2D eigenvalue weighted by molar-refractivity contribution is 5.30. The molecule has 1 aromatic heterocycles. The molecule has 1 aromatic carbocycles. The van der Waals surface area contributed by atoms with Crippen molar-refractivity contribution in [3.63, 3.8) is 0 Å². The topological polar surface area (TPSA) is 42.4 Å². The van der Waals surface area contributed by atoms with Crippen LogP contribution >= 0.6 is 0 Å². The third-order valence-corrected chi connectivity index (χ3v) is 2.69. The van der Waals surface area contributed by atoms with E-state index in [1.54, 1.807) is 12.1 Å². The summed E-state index contributed by atoms with van der Waals surface area (Å²) < 4.78 is 31.2. The predicted molar refractivity (Wildman–Crippen MR) is 65.8 cm³/mol. The van der Waals surface area contributed by atoms with E-state index < -0.39 is 17.7 Å². The van der Waals surface area contributed by atoms with Crippen molar-refractivity contribution in [1.82, 2.24) is 4.98 Å². The molecular weight excluding hydrogens is 252 g/mol. The first-order valence-corrected chi connectivity index (χ1v) is 5.72. The summed E-state index contributed by atoms with van der Waals surface area (Å²) in [5.74, 6) is -0.905. The van der Waals surface area contributed by atoms with Crippen LogP contribution in [-0.2, 0) is 6.42 Å². The minimum Gasteiger partial charge on any atom is -0.495 e. The van der Waals surface area contributed by atoms with Gasteiger partial charge in [0.1, 0.15) is 29.2 Å². The van der Waals surface area contributed by atoms with Gasteiger partial charge >= 0.3 is 0 Å². The molecule has 0 amide bonds. The number of benzene rings is 1. The summed E-state index contributed by atoms with van der Waals surface area (Å²) >= 11 is 0. The van der Waals surface area contributed by atoms with Gasteiger partial charge in [-0.25, -0.2) is 8.78 Å². The third kappa shape index (κ3) is 3.26. The highest BCUT2D eigenvalue weighted by Crippen LogP contribution is 2.25. The Morgan fingerprint density at radius 3 is 2.58 bits per heavy atom. The van der Waals surface area contributed by atoms with Crippen molar-refractivity contribution in [2.45, 2.75) is 12.5 Å². The number of hydrogen-bond donors (Lipinski definition) is 1. The molecule has 3 nitrogen and oxygen atoms in total. The number of hydrogen-bond acceptors (Lipinski definition) is 3. The lowest BCUT2D eigenvalue weighted by Crippen LogP contribution is -2.06. The number of aromatic nitrogens is 1. The van der Waals surface area contributed by atoms with Crippen LogP contribution in [0.25, 0.3) is 0 Å². The minimum atomic E-state index is -0.989. The molecule has 0 aliphatic heterocycles. The SMILES string of the molecule is COc1cccnc1C(O)Cc1cc(F)cc(F)c1. The zero-order chi connectivity index (χ0) is 13.8. The molecule has 1 unspecified atom stereocenters. The zero-order valence-corrected chi connectivity index (χ0v) is 10.3. The quantitative estimate of drug-likeness (QED) is 0.924. The number of aliphatic hydroxyl groups is 1. The van der Waals surface area contributed by atoms with Gasteiger partial charge in [-0.05, 0) is 29.8 Å². The van der Waals surface area contributed by atoms with Gasteiger partial charge in [-0.15, -0.1) is 0 Å². The molecule has 0 radical (unpaired) electrons. The molecule has 0 spiro atoms. The van der Waals surface area contributed by atoms with Crippen molar-refractivity contribution in [3.8, 4) is 5.75 Å². The van der Waals surface area contributed by atoms with Crippen molar-refractivity contribution in [2.24, 2.45) is 0 Å². The first kappa shape index (κ1) is 13.4. The Morgan fingerprint density at radius 1 is 1.26 bits per heavy atom. The van der Waals surface area contributed by atoms with E-state index in [-0.39, 0.29) is 6.42 Å². The van der Waals surface area contributed by atoms with Gasteiger partial charge in [-0.3, -0.25) is 4.98 Å². The van der Waals surface area contributed by atoms with Gasteiger partial charge in [0.2, 0.25) is 0 Å². The Balaban J connectivity index is 2.22. The van der Waals surface area contributed by atoms with Crippen LogP contribution in [0.1, 0.15) is 17.4 Å². The van der Waals surface area contributed by atoms with Gasteiger partial charge in [0, 0.05) is 18.7 Å². The second kappa shape index (κ2) is 5.75. The van der Waals surface area contributed by atoms with E-state index in [1.807, 2.05) is 0 Å². The maximum absolute atomic E-state index is 13.1. The molecule has 5 heteroatoms. The molecule has 19 heavy (non-hydrogen) atoms. The van der Waals surface area contributed by atoms with Crippen LogP contribution in [0.2, 0.25) is 0 Å². The monoisotopic (exact) mass is 265 g/mol. The molecule has 0 aliphatic rings. The third-order valence-electron chi connectivity index (χ3n) is 2.69. The van der Waals surface area contributed by atoms with Crippen LogP contribution in [0, 0.1) is 11.6 Å². The number of nitrogens with zero attached hydrogens (tertiary/aromatic N) is 1. The lowest BCUT2D eigenvalue weighted by molar-refractivity contribution is 0.168. The molecule has 2 aromatic rings. The average Bonchev–Trinajstić information content (AvgIpc) is 2.37. The molecule has 2 rings (SSSR count). The van der Waals surface area contributed by atoms with E-state index >= 15 is 0 Å². The molecule has 0 saturated heterocycles. The second-order valence-corrected chi connectivity index (χ2v) is 4.09.